The van der Waals surface area contributed by atoms with E-state index < -0.39 is 0 Å². The van der Waals surface area contributed by atoms with E-state index in [1.54, 1.807) is 0 Å². The second kappa shape index (κ2) is 10.2. The molecule has 0 saturated heterocycles. The van der Waals surface area contributed by atoms with Crippen molar-refractivity contribution in [2.24, 2.45) is 0 Å². The molecular formula is C46H26O2S. The number of benzene rings is 8. The van der Waals surface area contributed by atoms with Crippen molar-refractivity contribution in [2.45, 2.75) is 0 Å². The van der Waals surface area contributed by atoms with E-state index in [1.807, 2.05) is 23.7 Å². The zero-order valence-electron chi connectivity index (χ0n) is 26.2. The second-order valence-corrected chi connectivity index (χ2v) is 13.9. The fourth-order valence-electron chi connectivity index (χ4n) is 7.97. The third-order valence-corrected chi connectivity index (χ3v) is 11.3. The molecule has 0 spiro atoms. The maximum absolute atomic E-state index is 6.77. The van der Waals surface area contributed by atoms with Gasteiger partial charge < -0.3 is 8.83 Å². The Morgan fingerprint density at radius 1 is 0.388 bits per heavy atom. The monoisotopic (exact) mass is 642 g/mol. The van der Waals surface area contributed by atoms with Gasteiger partial charge in [-0.15, -0.1) is 11.3 Å². The van der Waals surface area contributed by atoms with Crippen molar-refractivity contribution < 1.29 is 8.83 Å². The molecule has 3 heterocycles. The van der Waals surface area contributed by atoms with Gasteiger partial charge in [0.15, 0.2) is 0 Å². The summed E-state index contributed by atoms with van der Waals surface area (Å²) in [5.41, 5.74) is 9.57. The Morgan fingerprint density at radius 3 is 1.71 bits per heavy atom. The van der Waals surface area contributed by atoms with Crippen molar-refractivity contribution in [3.63, 3.8) is 0 Å². The molecule has 0 aliphatic heterocycles. The zero-order chi connectivity index (χ0) is 32.1. The largest absolute Gasteiger partial charge is 0.464 e. The van der Waals surface area contributed by atoms with Crippen molar-refractivity contribution in [1.82, 2.24) is 0 Å². The van der Waals surface area contributed by atoms with Gasteiger partial charge in [0.2, 0.25) is 0 Å². The molecule has 11 aromatic rings. The lowest BCUT2D eigenvalue weighted by Gasteiger charge is -2.18. The minimum Gasteiger partial charge on any atom is -0.464 e. The molecule has 0 aliphatic carbocycles. The first kappa shape index (κ1) is 26.9. The van der Waals surface area contributed by atoms with Crippen molar-refractivity contribution in [2.75, 3.05) is 0 Å². The van der Waals surface area contributed by atoms with Crippen LogP contribution in [0.2, 0.25) is 0 Å². The molecule has 0 amide bonds. The Labute approximate surface area is 285 Å². The summed E-state index contributed by atoms with van der Waals surface area (Å²) in [5.74, 6) is 0. The van der Waals surface area contributed by atoms with E-state index in [0.29, 0.717) is 0 Å². The maximum atomic E-state index is 6.77. The highest BCUT2D eigenvalue weighted by atomic mass is 32.1. The molecule has 8 aromatic carbocycles. The molecular weight excluding hydrogens is 617 g/mol. The third-order valence-electron chi connectivity index (χ3n) is 10.1. The molecule has 2 nitrogen and oxygen atoms in total. The summed E-state index contributed by atoms with van der Waals surface area (Å²) in [7, 11) is 0. The molecule has 11 rings (SSSR count). The standard InChI is InChI=1S/C46H26O2S/c1-2-10-27(11-3-1)38-26-47-39-22-21-36-30-20-18-29(25-40(30)48-46(36)45(38)39)44-34-15-6-4-13-32(34)43(33-14-5-7-16-35(33)44)28-19-23-42-37(24-28)31-12-8-9-17-41(31)49-42/h1-26H. The van der Waals surface area contributed by atoms with Gasteiger partial charge in [-0.1, -0.05) is 109 Å². The highest BCUT2D eigenvalue weighted by Crippen LogP contribution is 2.47. The molecule has 0 saturated carbocycles. The van der Waals surface area contributed by atoms with Crippen LogP contribution >= 0.6 is 11.3 Å². The van der Waals surface area contributed by atoms with E-state index in [2.05, 4.69) is 146 Å². The van der Waals surface area contributed by atoms with Gasteiger partial charge in [0.05, 0.1) is 11.6 Å². The highest BCUT2D eigenvalue weighted by Gasteiger charge is 2.20. The fourth-order valence-corrected chi connectivity index (χ4v) is 9.06. The molecule has 0 atom stereocenters. The van der Waals surface area contributed by atoms with Gasteiger partial charge in [0.1, 0.15) is 16.7 Å². The van der Waals surface area contributed by atoms with Crippen LogP contribution in [0, 0.1) is 0 Å². The van der Waals surface area contributed by atoms with Crippen molar-refractivity contribution >= 4 is 86.0 Å². The van der Waals surface area contributed by atoms with Gasteiger partial charge in [0, 0.05) is 36.5 Å². The molecule has 0 fully saturated rings. The van der Waals surface area contributed by atoms with Crippen LogP contribution < -0.4 is 0 Å². The lowest BCUT2D eigenvalue weighted by molar-refractivity contribution is 0.616. The molecule has 228 valence electrons. The Balaban J connectivity index is 1.16. The first-order valence-electron chi connectivity index (χ1n) is 16.6. The van der Waals surface area contributed by atoms with Gasteiger partial charge >= 0.3 is 0 Å². The van der Waals surface area contributed by atoms with Crippen LogP contribution in [0.25, 0.3) is 108 Å². The molecule has 0 bridgehead atoms. The van der Waals surface area contributed by atoms with Crippen LogP contribution in [0.4, 0.5) is 0 Å². The summed E-state index contributed by atoms with van der Waals surface area (Å²) < 4.78 is 15.4. The van der Waals surface area contributed by atoms with Crippen LogP contribution in [-0.2, 0) is 0 Å². The number of hydrogen-bond donors (Lipinski definition) is 0. The Kier molecular flexibility index (Phi) is 5.57. The second-order valence-electron chi connectivity index (χ2n) is 12.8. The molecule has 0 unspecified atom stereocenters. The number of thiophene rings is 1. The Bertz CT molecular complexity index is 3050. The van der Waals surface area contributed by atoms with Crippen LogP contribution in [-0.4, -0.2) is 0 Å². The van der Waals surface area contributed by atoms with Gasteiger partial charge in [-0.25, -0.2) is 0 Å². The predicted octanol–water partition coefficient (Wildman–Crippen LogP) is 14.0. The number of hydrogen-bond acceptors (Lipinski definition) is 3. The lowest BCUT2D eigenvalue weighted by Crippen LogP contribution is -1.90. The number of fused-ring (bicyclic) bond motifs is 10. The first-order valence-corrected chi connectivity index (χ1v) is 17.4. The molecule has 0 radical (unpaired) electrons. The predicted molar refractivity (Wildman–Crippen MR) is 208 cm³/mol. The number of rotatable bonds is 3. The van der Waals surface area contributed by atoms with E-state index >= 15 is 0 Å². The minimum atomic E-state index is 0.826. The zero-order valence-corrected chi connectivity index (χ0v) is 27.1. The Morgan fingerprint density at radius 2 is 0.980 bits per heavy atom. The van der Waals surface area contributed by atoms with Crippen LogP contribution in [0.1, 0.15) is 0 Å². The molecule has 3 heteroatoms. The van der Waals surface area contributed by atoms with E-state index in [0.717, 1.165) is 49.6 Å². The van der Waals surface area contributed by atoms with Crippen LogP contribution in [0.15, 0.2) is 167 Å². The van der Waals surface area contributed by atoms with Crippen molar-refractivity contribution in [3.05, 3.63) is 158 Å². The van der Waals surface area contributed by atoms with Crippen LogP contribution in [0.3, 0.4) is 0 Å². The lowest BCUT2D eigenvalue weighted by atomic mass is 9.85. The summed E-state index contributed by atoms with van der Waals surface area (Å²) in [6.45, 7) is 0. The SMILES string of the molecule is c1ccc(-c2coc3ccc4c5ccc(-c6c7ccccc7c(-c7ccc8sc9ccccc9c8c7)c7ccccc67)cc5oc4c23)cc1. The van der Waals surface area contributed by atoms with Gasteiger partial charge in [0.25, 0.3) is 0 Å². The normalized spacial score (nSPS) is 12.1. The summed E-state index contributed by atoms with van der Waals surface area (Å²) >= 11 is 1.86. The van der Waals surface area contributed by atoms with E-state index in [-0.39, 0.29) is 0 Å². The summed E-state index contributed by atoms with van der Waals surface area (Å²) in [4.78, 5) is 0. The molecule has 3 aromatic heterocycles. The summed E-state index contributed by atoms with van der Waals surface area (Å²) in [5, 5.41) is 10.8. The molecule has 49 heavy (non-hydrogen) atoms. The third kappa shape index (κ3) is 3.88. The van der Waals surface area contributed by atoms with E-state index in [1.165, 1.54) is 58.4 Å². The Hall–Kier alpha value is -6.16. The quantitative estimate of drug-likeness (QED) is 0.179. The fraction of sp³-hybridized carbons (Fsp3) is 0. The van der Waals surface area contributed by atoms with Crippen molar-refractivity contribution in [3.8, 4) is 33.4 Å². The number of furan rings is 2. The maximum Gasteiger partial charge on any atom is 0.147 e. The molecule has 0 aliphatic rings. The van der Waals surface area contributed by atoms with E-state index in [4.69, 9.17) is 8.83 Å². The summed E-state index contributed by atoms with van der Waals surface area (Å²) in [6, 6.07) is 54.7. The van der Waals surface area contributed by atoms with Gasteiger partial charge in [-0.05, 0) is 91.8 Å². The van der Waals surface area contributed by atoms with Crippen molar-refractivity contribution in [1.29, 1.82) is 0 Å². The van der Waals surface area contributed by atoms with Crippen LogP contribution in [0.5, 0.6) is 0 Å². The van der Waals surface area contributed by atoms with Gasteiger partial charge in [-0.2, -0.15) is 0 Å². The molecule has 0 N–H and O–H groups in total. The smallest absolute Gasteiger partial charge is 0.147 e. The average Bonchev–Trinajstić information content (AvgIpc) is 3.87. The highest BCUT2D eigenvalue weighted by molar-refractivity contribution is 7.25. The minimum absolute atomic E-state index is 0.826. The topological polar surface area (TPSA) is 26.3 Å². The average molecular weight is 643 g/mol. The first-order chi connectivity index (χ1) is 24.3. The summed E-state index contributed by atoms with van der Waals surface area (Å²) in [6.07, 6.45) is 1.84. The van der Waals surface area contributed by atoms with E-state index in [9.17, 15) is 0 Å². The van der Waals surface area contributed by atoms with Gasteiger partial charge in [-0.3, -0.25) is 0 Å².